The minimum absolute atomic E-state index is 0.229. The minimum Gasteiger partial charge on any atom is -0.508 e. The van der Waals surface area contributed by atoms with Crippen LogP contribution in [0.3, 0.4) is 0 Å². The van der Waals surface area contributed by atoms with Gasteiger partial charge in [-0.3, -0.25) is 0 Å². The Morgan fingerprint density at radius 1 is 1.08 bits per heavy atom. The molecule has 0 aliphatic heterocycles. The first-order valence-corrected chi connectivity index (χ1v) is 7.81. The van der Waals surface area contributed by atoms with E-state index in [9.17, 15) is 5.11 Å². The van der Waals surface area contributed by atoms with Crippen molar-refractivity contribution in [3.63, 3.8) is 0 Å². The van der Waals surface area contributed by atoms with Crippen molar-refractivity contribution < 1.29 is 9.63 Å². The van der Waals surface area contributed by atoms with Gasteiger partial charge in [-0.05, 0) is 17.7 Å². The van der Waals surface area contributed by atoms with Gasteiger partial charge in [-0.1, -0.05) is 47.6 Å². The van der Waals surface area contributed by atoms with Gasteiger partial charge < -0.3 is 19.9 Å². The summed E-state index contributed by atoms with van der Waals surface area (Å²) in [5.74, 6) is 0.543. The van der Waals surface area contributed by atoms with Crippen LogP contribution in [0.1, 0.15) is 5.56 Å². The third-order valence-electron chi connectivity index (χ3n) is 4.00. The molecule has 0 aliphatic rings. The van der Waals surface area contributed by atoms with Crippen LogP contribution in [0, 0.1) is 0 Å². The number of benzene rings is 2. The van der Waals surface area contributed by atoms with E-state index in [1.54, 1.807) is 18.5 Å². The Kier molecular flexibility index (Phi) is 3.70. The maximum absolute atomic E-state index is 9.70. The molecule has 0 spiro atoms. The van der Waals surface area contributed by atoms with Gasteiger partial charge in [0, 0.05) is 12.1 Å². The van der Waals surface area contributed by atoms with Crippen molar-refractivity contribution in [1.29, 1.82) is 0 Å². The second kappa shape index (κ2) is 6.16. The molecule has 2 aromatic heterocycles. The standard InChI is InChI=1S/C19H16N4O2/c20-19-16(11-25-22-19)18-17(14-6-2-1-3-7-14)21-12-23(18)10-13-5-4-8-15(24)9-13/h1-9,11-12,24H,10H2,(H2,20,22). The van der Waals surface area contributed by atoms with Gasteiger partial charge in [-0.15, -0.1) is 0 Å². The van der Waals surface area contributed by atoms with E-state index in [-0.39, 0.29) is 5.75 Å². The number of aromatic hydroxyl groups is 1. The summed E-state index contributed by atoms with van der Waals surface area (Å²) in [6, 6.07) is 17.0. The van der Waals surface area contributed by atoms with Crippen LogP contribution in [0.2, 0.25) is 0 Å². The monoisotopic (exact) mass is 332 g/mol. The fourth-order valence-electron chi connectivity index (χ4n) is 2.87. The van der Waals surface area contributed by atoms with Gasteiger partial charge in [-0.25, -0.2) is 4.98 Å². The molecule has 0 bridgehead atoms. The third-order valence-corrected chi connectivity index (χ3v) is 4.00. The van der Waals surface area contributed by atoms with Gasteiger partial charge in [0.1, 0.15) is 12.0 Å². The third kappa shape index (κ3) is 2.85. The first-order chi connectivity index (χ1) is 12.2. The van der Waals surface area contributed by atoms with Gasteiger partial charge in [0.25, 0.3) is 0 Å². The van der Waals surface area contributed by atoms with Crippen LogP contribution >= 0.6 is 0 Å². The number of hydrogen-bond donors (Lipinski definition) is 2. The van der Waals surface area contributed by atoms with E-state index < -0.39 is 0 Å². The Balaban J connectivity index is 1.85. The maximum atomic E-state index is 9.70. The molecular formula is C19H16N4O2. The van der Waals surface area contributed by atoms with Gasteiger partial charge in [0.2, 0.25) is 0 Å². The highest BCUT2D eigenvalue weighted by Crippen LogP contribution is 2.34. The molecule has 0 atom stereocenters. The van der Waals surface area contributed by atoms with Gasteiger partial charge in [0.05, 0.1) is 23.3 Å². The lowest BCUT2D eigenvalue weighted by Crippen LogP contribution is -2.02. The molecule has 0 unspecified atom stereocenters. The zero-order valence-electron chi connectivity index (χ0n) is 13.3. The van der Waals surface area contributed by atoms with E-state index in [0.717, 1.165) is 22.5 Å². The molecule has 6 nitrogen and oxygen atoms in total. The van der Waals surface area contributed by atoms with E-state index in [1.165, 1.54) is 6.26 Å². The minimum atomic E-state index is 0.229. The number of imidazole rings is 1. The summed E-state index contributed by atoms with van der Waals surface area (Å²) < 4.78 is 7.00. The molecule has 2 heterocycles. The van der Waals surface area contributed by atoms with Crippen LogP contribution in [0.5, 0.6) is 5.75 Å². The molecule has 0 radical (unpaired) electrons. The van der Waals surface area contributed by atoms with E-state index in [4.69, 9.17) is 10.3 Å². The molecular weight excluding hydrogens is 316 g/mol. The Hall–Kier alpha value is -3.54. The number of nitrogens with two attached hydrogens (primary N) is 1. The first-order valence-electron chi connectivity index (χ1n) is 7.81. The number of aromatic nitrogens is 3. The summed E-state index contributed by atoms with van der Waals surface area (Å²) in [4.78, 5) is 4.58. The Morgan fingerprint density at radius 3 is 2.64 bits per heavy atom. The lowest BCUT2D eigenvalue weighted by atomic mass is 10.1. The van der Waals surface area contributed by atoms with Crippen LogP contribution in [-0.2, 0) is 6.54 Å². The number of phenolic OH excluding ortho intramolecular Hbond substituents is 1. The van der Waals surface area contributed by atoms with Crippen LogP contribution in [-0.4, -0.2) is 19.8 Å². The largest absolute Gasteiger partial charge is 0.508 e. The average Bonchev–Trinajstić information content (AvgIpc) is 3.21. The van der Waals surface area contributed by atoms with Crippen molar-refractivity contribution >= 4 is 5.82 Å². The normalized spacial score (nSPS) is 10.9. The molecule has 25 heavy (non-hydrogen) atoms. The van der Waals surface area contributed by atoms with E-state index in [1.807, 2.05) is 47.0 Å². The van der Waals surface area contributed by atoms with E-state index in [0.29, 0.717) is 17.9 Å². The number of nitrogens with zero attached hydrogens (tertiary/aromatic N) is 3. The number of anilines is 1. The second-order valence-corrected chi connectivity index (χ2v) is 5.72. The summed E-state index contributed by atoms with van der Waals surface area (Å²) in [7, 11) is 0. The highest BCUT2D eigenvalue weighted by atomic mass is 16.5. The smallest absolute Gasteiger partial charge is 0.176 e. The first kappa shape index (κ1) is 15.0. The number of phenols is 1. The molecule has 6 heteroatoms. The average molecular weight is 332 g/mol. The lowest BCUT2D eigenvalue weighted by molar-refractivity contribution is 0.423. The van der Waals surface area contributed by atoms with E-state index in [2.05, 4.69) is 10.1 Å². The predicted octanol–water partition coefficient (Wildman–Crippen LogP) is 3.54. The summed E-state index contributed by atoms with van der Waals surface area (Å²) >= 11 is 0. The summed E-state index contributed by atoms with van der Waals surface area (Å²) in [6.45, 7) is 0.536. The second-order valence-electron chi connectivity index (χ2n) is 5.72. The van der Waals surface area contributed by atoms with Crippen molar-refractivity contribution in [2.24, 2.45) is 0 Å². The molecule has 0 saturated heterocycles. The van der Waals surface area contributed by atoms with Crippen LogP contribution in [0.15, 0.2) is 71.7 Å². The van der Waals surface area contributed by atoms with Gasteiger partial charge in [-0.2, -0.15) is 0 Å². The molecule has 4 aromatic rings. The Labute approximate surface area is 144 Å². The Morgan fingerprint density at radius 2 is 1.92 bits per heavy atom. The van der Waals surface area contributed by atoms with Crippen LogP contribution in [0.4, 0.5) is 5.82 Å². The molecule has 3 N–H and O–H groups in total. The fraction of sp³-hybridized carbons (Fsp3) is 0.0526. The Bertz CT molecular complexity index is 1010. The maximum Gasteiger partial charge on any atom is 0.176 e. The molecule has 0 amide bonds. The molecule has 124 valence electrons. The van der Waals surface area contributed by atoms with Crippen molar-refractivity contribution in [2.75, 3.05) is 5.73 Å². The van der Waals surface area contributed by atoms with Gasteiger partial charge in [0.15, 0.2) is 5.82 Å². The van der Waals surface area contributed by atoms with Crippen LogP contribution < -0.4 is 5.73 Å². The van der Waals surface area contributed by atoms with Crippen LogP contribution in [0.25, 0.3) is 22.5 Å². The summed E-state index contributed by atoms with van der Waals surface area (Å²) in [5, 5.41) is 13.5. The van der Waals surface area contributed by atoms with Crippen molar-refractivity contribution in [1.82, 2.24) is 14.7 Å². The SMILES string of the molecule is Nc1nocc1-c1c(-c2ccccc2)ncn1Cc1cccc(O)c1. The summed E-state index contributed by atoms with van der Waals surface area (Å²) in [5.41, 5.74) is 10.2. The zero-order valence-corrected chi connectivity index (χ0v) is 13.3. The fourth-order valence-corrected chi connectivity index (χ4v) is 2.87. The topological polar surface area (TPSA) is 90.1 Å². The highest BCUT2D eigenvalue weighted by molar-refractivity contribution is 5.82. The number of rotatable bonds is 4. The van der Waals surface area contributed by atoms with Crippen molar-refractivity contribution in [2.45, 2.75) is 6.54 Å². The molecule has 0 aliphatic carbocycles. The number of nitrogen functional groups attached to an aromatic ring is 1. The molecule has 0 saturated carbocycles. The highest BCUT2D eigenvalue weighted by Gasteiger charge is 2.19. The molecule has 0 fully saturated rings. The molecule has 4 rings (SSSR count). The molecule has 2 aromatic carbocycles. The quantitative estimate of drug-likeness (QED) is 0.596. The lowest BCUT2D eigenvalue weighted by Gasteiger charge is -2.10. The number of hydrogen-bond acceptors (Lipinski definition) is 5. The zero-order chi connectivity index (χ0) is 17.2. The predicted molar refractivity (Wildman–Crippen MR) is 94.8 cm³/mol. The van der Waals surface area contributed by atoms with E-state index >= 15 is 0 Å². The van der Waals surface area contributed by atoms with Gasteiger partial charge >= 0.3 is 0 Å². The van der Waals surface area contributed by atoms with Crippen molar-refractivity contribution in [3.8, 4) is 28.3 Å². The van der Waals surface area contributed by atoms with Crippen molar-refractivity contribution in [3.05, 3.63) is 72.8 Å². The summed E-state index contributed by atoms with van der Waals surface area (Å²) in [6.07, 6.45) is 3.28.